The molecule has 0 saturated carbocycles. The number of sulfonamides is 1. The van der Waals surface area contributed by atoms with Crippen molar-refractivity contribution in [3.05, 3.63) is 101 Å². The predicted octanol–water partition coefficient (Wildman–Crippen LogP) is 5.63. The molecule has 3 aromatic carbocycles. The quantitative estimate of drug-likeness (QED) is 0.417. The van der Waals surface area contributed by atoms with Crippen LogP contribution in [0, 0.1) is 19.8 Å². The highest BCUT2D eigenvalue weighted by Gasteiger charge is 2.38. The van der Waals surface area contributed by atoms with Crippen LogP contribution < -0.4 is 10.0 Å². The van der Waals surface area contributed by atoms with E-state index in [-0.39, 0.29) is 28.3 Å². The van der Waals surface area contributed by atoms with Crippen LogP contribution in [-0.4, -0.2) is 19.5 Å². The van der Waals surface area contributed by atoms with Crippen LogP contribution in [0.2, 0.25) is 0 Å². The fraction of sp³-hybridized carbons (Fsp3) is 0.222. The van der Waals surface area contributed by atoms with E-state index in [4.69, 9.17) is 0 Å². The lowest BCUT2D eigenvalue weighted by atomic mass is 9.77. The third-order valence-corrected chi connectivity index (χ3v) is 8.30. The first-order valence-electron chi connectivity index (χ1n) is 11.2. The molecule has 0 bridgehead atoms. The molecule has 1 heterocycles. The highest BCUT2D eigenvalue weighted by atomic mass is 32.2. The van der Waals surface area contributed by atoms with Crippen molar-refractivity contribution in [1.82, 2.24) is 0 Å². The summed E-state index contributed by atoms with van der Waals surface area (Å²) >= 11 is 0. The molecule has 1 aliphatic carbocycles. The molecule has 0 saturated heterocycles. The van der Waals surface area contributed by atoms with Gasteiger partial charge in [-0.3, -0.25) is 4.72 Å². The summed E-state index contributed by atoms with van der Waals surface area (Å²) in [5, 5.41) is 12.8. The Morgan fingerprint density at radius 2 is 1.76 bits per heavy atom. The van der Waals surface area contributed by atoms with Gasteiger partial charge in [-0.2, -0.15) is 0 Å². The normalized spacial score (nSPS) is 20.8. The van der Waals surface area contributed by atoms with Crippen molar-refractivity contribution in [2.75, 3.05) is 10.0 Å². The van der Waals surface area contributed by atoms with Gasteiger partial charge in [-0.15, -0.1) is 0 Å². The summed E-state index contributed by atoms with van der Waals surface area (Å²) in [6, 6.07) is 17.7. The second kappa shape index (κ2) is 8.33. The molecule has 0 unspecified atom stereocenters. The van der Waals surface area contributed by atoms with Gasteiger partial charge in [0.1, 0.15) is 0 Å². The summed E-state index contributed by atoms with van der Waals surface area (Å²) in [5.41, 5.74) is 5.80. The van der Waals surface area contributed by atoms with Crippen molar-refractivity contribution in [3.8, 4) is 0 Å². The number of allylic oxidation sites excluding steroid dienone is 2. The SMILES string of the molecule is Cc1ccc(NS(=O)(=O)c2ccc3c(c2)[C@@H]2C=CC[C@H]2[C@@H](c2ccc(C(=O)O)cc2)N3)cc1C. The number of hydrogen-bond donors (Lipinski definition) is 3. The van der Waals surface area contributed by atoms with Gasteiger partial charge in [0.05, 0.1) is 16.5 Å². The van der Waals surface area contributed by atoms with Gasteiger partial charge in [0.25, 0.3) is 10.0 Å². The molecule has 6 nitrogen and oxygen atoms in total. The van der Waals surface area contributed by atoms with Crippen molar-refractivity contribution in [3.63, 3.8) is 0 Å². The summed E-state index contributed by atoms with van der Waals surface area (Å²) in [4.78, 5) is 11.4. The van der Waals surface area contributed by atoms with E-state index in [1.807, 2.05) is 44.2 Å². The highest BCUT2D eigenvalue weighted by molar-refractivity contribution is 7.92. The van der Waals surface area contributed by atoms with Crippen LogP contribution in [0.3, 0.4) is 0 Å². The second-order valence-electron chi connectivity index (χ2n) is 9.06. The molecule has 5 rings (SSSR count). The van der Waals surface area contributed by atoms with Crippen LogP contribution in [0.1, 0.15) is 51.0 Å². The summed E-state index contributed by atoms with van der Waals surface area (Å²) in [7, 11) is -3.74. The molecule has 2 aliphatic rings. The molecular formula is C27H26N2O4S. The minimum absolute atomic E-state index is 0.00598. The van der Waals surface area contributed by atoms with Gasteiger partial charge in [0.2, 0.25) is 0 Å². The molecule has 0 amide bonds. The fourth-order valence-electron chi connectivity index (χ4n) is 4.92. The zero-order valence-electron chi connectivity index (χ0n) is 18.9. The summed E-state index contributed by atoms with van der Waals surface area (Å²) in [5.74, 6) is -0.650. The number of aromatic carboxylic acids is 1. The Morgan fingerprint density at radius 3 is 2.47 bits per heavy atom. The van der Waals surface area contributed by atoms with Gasteiger partial charge in [0.15, 0.2) is 0 Å². The Hall–Kier alpha value is -3.58. The number of carbonyl (C=O) groups is 1. The topological polar surface area (TPSA) is 95.5 Å². The number of carboxylic acid groups (broad SMARTS) is 1. The number of carboxylic acids is 1. The maximum absolute atomic E-state index is 13.2. The molecular weight excluding hydrogens is 448 g/mol. The average Bonchev–Trinajstić information content (AvgIpc) is 3.31. The molecule has 3 N–H and O–H groups in total. The zero-order chi connectivity index (χ0) is 24.0. The fourth-order valence-corrected chi connectivity index (χ4v) is 6.01. The van der Waals surface area contributed by atoms with Crippen molar-refractivity contribution >= 4 is 27.4 Å². The van der Waals surface area contributed by atoms with Crippen molar-refractivity contribution < 1.29 is 18.3 Å². The van der Waals surface area contributed by atoms with E-state index in [1.165, 1.54) is 0 Å². The molecule has 0 aromatic heterocycles. The third kappa shape index (κ3) is 3.96. The van der Waals surface area contributed by atoms with Crippen molar-refractivity contribution in [2.45, 2.75) is 37.1 Å². The molecule has 174 valence electrons. The van der Waals surface area contributed by atoms with E-state index in [1.54, 1.807) is 30.3 Å². The molecule has 1 aliphatic heterocycles. The minimum atomic E-state index is -3.74. The molecule has 0 spiro atoms. The average molecular weight is 475 g/mol. The lowest BCUT2D eigenvalue weighted by molar-refractivity contribution is 0.0697. The molecule has 0 radical (unpaired) electrons. The Bertz CT molecular complexity index is 1410. The van der Waals surface area contributed by atoms with Crippen molar-refractivity contribution in [2.24, 2.45) is 5.92 Å². The Labute approximate surface area is 199 Å². The Balaban J connectivity index is 1.46. The molecule has 34 heavy (non-hydrogen) atoms. The zero-order valence-corrected chi connectivity index (χ0v) is 19.8. The van der Waals surface area contributed by atoms with Gasteiger partial charge < -0.3 is 10.4 Å². The Morgan fingerprint density at radius 1 is 1.00 bits per heavy atom. The maximum atomic E-state index is 13.2. The van der Waals surface area contributed by atoms with Gasteiger partial charge >= 0.3 is 5.97 Å². The lowest BCUT2D eigenvalue weighted by Gasteiger charge is -2.37. The van der Waals surface area contributed by atoms with Gasteiger partial charge in [0, 0.05) is 17.3 Å². The predicted molar refractivity (Wildman–Crippen MR) is 133 cm³/mol. The number of benzene rings is 3. The van der Waals surface area contributed by atoms with Crippen LogP contribution in [0.15, 0.2) is 77.7 Å². The molecule has 3 atom stereocenters. The summed E-state index contributed by atoms with van der Waals surface area (Å²) < 4.78 is 29.0. The van der Waals surface area contributed by atoms with E-state index < -0.39 is 16.0 Å². The number of fused-ring (bicyclic) bond motifs is 3. The first-order valence-corrected chi connectivity index (χ1v) is 12.7. The monoisotopic (exact) mass is 474 g/mol. The van der Waals surface area contributed by atoms with E-state index >= 15 is 0 Å². The van der Waals surface area contributed by atoms with Crippen LogP contribution in [0.4, 0.5) is 11.4 Å². The summed E-state index contributed by atoms with van der Waals surface area (Å²) in [6.45, 7) is 3.94. The minimum Gasteiger partial charge on any atom is -0.478 e. The number of hydrogen-bond acceptors (Lipinski definition) is 4. The highest BCUT2D eigenvalue weighted by Crippen LogP contribution is 2.50. The van der Waals surface area contributed by atoms with Gasteiger partial charge in [-0.1, -0.05) is 30.4 Å². The van der Waals surface area contributed by atoms with Gasteiger partial charge in [-0.05, 0) is 90.9 Å². The van der Waals surface area contributed by atoms with Crippen LogP contribution in [-0.2, 0) is 10.0 Å². The first kappa shape index (κ1) is 22.2. The van der Waals surface area contributed by atoms with E-state index in [0.29, 0.717) is 5.69 Å². The van der Waals surface area contributed by atoms with E-state index in [0.717, 1.165) is 34.4 Å². The van der Waals surface area contributed by atoms with Crippen LogP contribution in [0.25, 0.3) is 0 Å². The van der Waals surface area contributed by atoms with E-state index in [9.17, 15) is 18.3 Å². The van der Waals surface area contributed by atoms with Crippen molar-refractivity contribution in [1.29, 1.82) is 0 Å². The lowest BCUT2D eigenvalue weighted by Crippen LogP contribution is -2.29. The van der Waals surface area contributed by atoms with Gasteiger partial charge in [-0.25, -0.2) is 13.2 Å². The number of anilines is 2. The standard InChI is InChI=1S/C27H26N2O4S/c1-16-6-11-20(14-17(16)2)29-34(32,33)21-12-13-25-24(15-21)22-4-3-5-23(22)26(28-25)18-7-9-19(10-8-18)27(30)31/h3-4,6-15,22-23,26,28-29H,5H2,1-2H3,(H,30,31)/t22-,23-,26-/m1/s1. The van der Waals surface area contributed by atoms with Crippen LogP contribution >= 0.6 is 0 Å². The van der Waals surface area contributed by atoms with Crippen LogP contribution in [0.5, 0.6) is 0 Å². The number of aryl methyl sites for hydroxylation is 2. The van der Waals surface area contributed by atoms with E-state index in [2.05, 4.69) is 22.2 Å². The Kier molecular flexibility index (Phi) is 5.44. The maximum Gasteiger partial charge on any atom is 0.335 e. The first-order chi connectivity index (χ1) is 16.2. The smallest absolute Gasteiger partial charge is 0.335 e. The number of nitrogens with one attached hydrogen (secondary N) is 2. The molecule has 7 heteroatoms. The molecule has 3 aromatic rings. The molecule has 0 fully saturated rings. The third-order valence-electron chi connectivity index (χ3n) is 6.92. The summed E-state index contributed by atoms with van der Waals surface area (Å²) in [6.07, 6.45) is 5.15. The largest absolute Gasteiger partial charge is 0.478 e. The second-order valence-corrected chi connectivity index (χ2v) is 10.7. The number of rotatable bonds is 5.